The molecule has 0 unspecified atom stereocenters. The van der Waals surface area contributed by atoms with Gasteiger partial charge in [0.15, 0.2) is 0 Å². The van der Waals surface area contributed by atoms with Gasteiger partial charge in [-0.25, -0.2) is 0 Å². The van der Waals surface area contributed by atoms with E-state index in [1.54, 1.807) is 6.07 Å². The van der Waals surface area contributed by atoms with Crippen LogP contribution in [0.4, 0.5) is 0 Å². The van der Waals surface area contributed by atoms with E-state index in [1.807, 2.05) is 12.1 Å². The number of ether oxygens (including phenoxy) is 1. The molecule has 2 heterocycles. The molecule has 4 rings (SSSR count). The first-order valence-electron chi connectivity index (χ1n) is 9.96. The molecule has 0 amide bonds. The Hall–Kier alpha value is -2.00. The van der Waals surface area contributed by atoms with Gasteiger partial charge in [-0.2, -0.15) is 0 Å². The van der Waals surface area contributed by atoms with Gasteiger partial charge in [0.2, 0.25) is 0 Å². The first-order chi connectivity index (χ1) is 13.6. The number of hydrogen-bond acceptors (Lipinski definition) is 3. The van der Waals surface area contributed by atoms with Crippen LogP contribution in [0.3, 0.4) is 0 Å². The first kappa shape index (κ1) is 19.3. The summed E-state index contributed by atoms with van der Waals surface area (Å²) < 4.78 is 8.76. The van der Waals surface area contributed by atoms with Gasteiger partial charge in [-0.3, -0.25) is 0 Å². The molecule has 0 spiro atoms. The molecule has 1 aliphatic rings. The summed E-state index contributed by atoms with van der Waals surface area (Å²) in [6, 6.07) is 16.6. The average Bonchev–Trinajstić information content (AvgIpc) is 3.34. The Labute approximate surface area is 173 Å². The quantitative estimate of drug-likeness (QED) is 0.555. The second kappa shape index (κ2) is 8.57. The second-order valence-corrected chi connectivity index (χ2v) is 9.81. The Balaban J connectivity index is 1.46. The van der Waals surface area contributed by atoms with Gasteiger partial charge in [0.05, 0.1) is 0 Å². The number of phenolic OH excluding ortho intramolecular Hbond substituents is 1. The van der Waals surface area contributed by atoms with Crippen molar-refractivity contribution in [2.24, 2.45) is 0 Å². The van der Waals surface area contributed by atoms with E-state index in [4.69, 9.17) is 4.74 Å². The zero-order valence-corrected chi connectivity index (χ0v) is 18.3. The van der Waals surface area contributed by atoms with Gasteiger partial charge in [-0.05, 0) is 0 Å². The fourth-order valence-corrected chi connectivity index (χ4v) is 6.34. The van der Waals surface area contributed by atoms with Crippen molar-refractivity contribution in [1.29, 1.82) is 0 Å². The number of likely N-dealkylation sites (tertiary alicyclic amines) is 1. The Morgan fingerprint density at radius 2 is 1.54 bits per heavy atom. The molecule has 146 valence electrons. The van der Waals surface area contributed by atoms with E-state index in [9.17, 15) is 5.11 Å². The molecule has 0 saturated carbocycles. The molecule has 3 nitrogen and oxygen atoms in total. The molecule has 1 fully saturated rings. The summed E-state index contributed by atoms with van der Waals surface area (Å²) in [5, 5.41) is 9.65. The number of benzene rings is 2. The average molecular weight is 440 g/mol. The van der Waals surface area contributed by atoms with Crippen LogP contribution >= 0.6 is 0 Å². The molecule has 4 heteroatoms. The van der Waals surface area contributed by atoms with Gasteiger partial charge < -0.3 is 0 Å². The van der Waals surface area contributed by atoms with Crippen LogP contribution < -0.4 is 4.74 Å². The van der Waals surface area contributed by atoms with E-state index < -0.39 is 0 Å². The Bertz CT molecular complexity index is 957. The topological polar surface area (TPSA) is 32.7 Å². The van der Waals surface area contributed by atoms with Crippen LogP contribution in [0.1, 0.15) is 24.0 Å². The number of aromatic hydroxyl groups is 1. The summed E-state index contributed by atoms with van der Waals surface area (Å²) in [5.41, 5.74) is 4.95. The van der Waals surface area contributed by atoms with E-state index in [0.29, 0.717) is 5.75 Å². The van der Waals surface area contributed by atoms with E-state index in [2.05, 4.69) is 49.1 Å². The van der Waals surface area contributed by atoms with Crippen LogP contribution in [-0.2, 0) is 0 Å². The zero-order chi connectivity index (χ0) is 19.5. The van der Waals surface area contributed by atoms with Crippen molar-refractivity contribution in [3.8, 4) is 31.5 Å². The standard InChI is InChI=1S/C24H27NO2Se/c1-17-15-19(26)5-7-21(17)23-9-10-24(28-23)22-8-6-20(16-18(22)2)27-14-13-25-11-3-4-12-25/h5-10,15-16,26H,3-4,11-14H2,1-2H3. The fourth-order valence-electron chi connectivity index (χ4n) is 3.85. The molecule has 3 aromatic rings. The summed E-state index contributed by atoms with van der Waals surface area (Å²) in [4.78, 5) is 2.48. The van der Waals surface area contributed by atoms with Gasteiger partial charge in [-0.15, -0.1) is 0 Å². The van der Waals surface area contributed by atoms with Crippen LogP contribution in [0.25, 0.3) is 20.0 Å². The van der Waals surface area contributed by atoms with Crippen molar-refractivity contribution in [2.75, 3.05) is 26.2 Å². The zero-order valence-electron chi connectivity index (χ0n) is 16.6. The second-order valence-electron chi connectivity index (χ2n) is 7.54. The van der Waals surface area contributed by atoms with E-state index in [1.165, 1.54) is 51.5 Å². The summed E-state index contributed by atoms with van der Waals surface area (Å²) in [7, 11) is 0. The molecule has 1 aliphatic heterocycles. The molecular formula is C24H27NO2Se. The van der Waals surface area contributed by atoms with Crippen molar-refractivity contribution in [1.82, 2.24) is 4.90 Å². The van der Waals surface area contributed by atoms with Crippen molar-refractivity contribution < 1.29 is 9.84 Å². The normalized spacial score (nSPS) is 14.5. The Morgan fingerprint density at radius 3 is 2.18 bits per heavy atom. The summed E-state index contributed by atoms with van der Waals surface area (Å²) >= 11 is 0.268. The molecular weight excluding hydrogens is 413 g/mol. The van der Waals surface area contributed by atoms with E-state index >= 15 is 0 Å². The summed E-state index contributed by atoms with van der Waals surface area (Å²) in [5.74, 6) is 1.30. The van der Waals surface area contributed by atoms with Gasteiger partial charge in [0.1, 0.15) is 0 Å². The number of aryl methyl sites for hydroxylation is 2. The molecule has 1 aromatic heterocycles. The van der Waals surface area contributed by atoms with Crippen LogP contribution in [-0.4, -0.2) is 50.8 Å². The van der Waals surface area contributed by atoms with Crippen molar-refractivity contribution in [2.45, 2.75) is 26.7 Å². The van der Waals surface area contributed by atoms with E-state index in [0.717, 1.165) is 24.5 Å². The molecule has 0 aliphatic carbocycles. The molecule has 1 N–H and O–H groups in total. The third-order valence-corrected chi connectivity index (χ3v) is 7.84. The van der Waals surface area contributed by atoms with Crippen LogP contribution in [0, 0.1) is 13.8 Å². The van der Waals surface area contributed by atoms with Crippen molar-refractivity contribution in [3.05, 3.63) is 59.7 Å². The predicted octanol–water partition coefficient (Wildman–Crippen LogP) is 4.87. The number of nitrogens with zero attached hydrogens (tertiary/aromatic N) is 1. The molecule has 0 bridgehead atoms. The third kappa shape index (κ3) is 4.35. The van der Waals surface area contributed by atoms with Gasteiger partial charge in [0.25, 0.3) is 0 Å². The van der Waals surface area contributed by atoms with Crippen LogP contribution in [0.15, 0.2) is 48.5 Å². The van der Waals surface area contributed by atoms with Crippen LogP contribution in [0.2, 0.25) is 0 Å². The molecule has 0 radical (unpaired) electrons. The van der Waals surface area contributed by atoms with Crippen LogP contribution in [0.5, 0.6) is 11.5 Å². The molecule has 0 atom stereocenters. The summed E-state index contributed by atoms with van der Waals surface area (Å²) in [6.45, 7) is 8.44. The number of rotatable bonds is 6. The van der Waals surface area contributed by atoms with E-state index in [-0.39, 0.29) is 14.5 Å². The minimum absolute atomic E-state index is 0.268. The third-order valence-electron chi connectivity index (χ3n) is 5.42. The van der Waals surface area contributed by atoms with Gasteiger partial charge in [0, 0.05) is 0 Å². The fraction of sp³-hybridized carbons (Fsp3) is 0.333. The van der Waals surface area contributed by atoms with Gasteiger partial charge >= 0.3 is 173 Å². The molecule has 28 heavy (non-hydrogen) atoms. The molecule has 2 aromatic carbocycles. The minimum atomic E-state index is 0.268. The number of phenols is 1. The van der Waals surface area contributed by atoms with Crippen molar-refractivity contribution >= 4 is 14.5 Å². The maximum atomic E-state index is 9.65. The van der Waals surface area contributed by atoms with Crippen molar-refractivity contribution in [3.63, 3.8) is 0 Å². The number of hydrogen-bond donors (Lipinski definition) is 1. The Morgan fingerprint density at radius 1 is 0.893 bits per heavy atom. The predicted molar refractivity (Wildman–Crippen MR) is 117 cm³/mol. The Kier molecular flexibility index (Phi) is 5.91. The van der Waals surface area contributed by atoms with Gasteiger partial charge in [-0.1, -0.05) is 0 Å². The summed E-state index contributed by atoms with van der Waals surface area (Å²) in [6.07, 6.45) is 2.65. The SMILES string of the molecule is Cc1cc(O)ccc1-c1ccc(-c2ccc(OCCN3CCCC3)cc2C)[se]1. The monoisotopic (exact) mass is 441 g/mol. The maximum absolute atomic E-state index is 9.65. The first-order valence-corrected chi connectivity index (χ1v) is 11.7. The molecule has 1 saturated heterocycles.